The van der Waals surface area contributed by atoms with Gasteiger partial charge in [0.15, 0.2) is 0 Å². The molecule has 0 aliphatic carbocycles. The van der Waals surface area contributed by atoms with E-state index in [0.29, 0.717) is 19.5 Å². The smallest absolute Gasteiger partial charge is 0.223 e. The first-order chi connectivity index (χ1) is 7.96. The molecule has 1 aromatic carbocycles. The van der Waals surface area contributed by atoms with Crippen LogP contribution in [0.2, 0.25) is 0 Å². The maximum Gasteiger partial charge on any atom is 0.223 e. The zero-order chi connectivity index (χ0) is 12.5. The fraction of sp³-hybridized carbons (Fsp3) is 0.500. The fourth-order valence-electron chi connectivity index (χ4n) is 2.23. The Morgan fingerprint density at radius 2 is 2.18 bits per heavy atom. The van der Waals surface area contributed by atoms with Crippen LogP contribution in [0.5, 0.6) is 0 Å². The Kier molecular flexibility index (Phi) is 3.20. The highest BCUT2D eigenvalue weighted by Gasteiger charge is 2.38. The molecular formula is C14H19NO2. The second kappa shape index (κ2) is 4.49. The van der Waals surface area contributed by atoms with Crippen LogP contribution in [0.4, 0.5) is 0 Å². The molecule has 0 aromatic heterocycles. The zero-order valence-electron chi connectivity index (χ0n) is 10.4. The molecule has 1 heterocycles. The lowest BCUT2D eigenvalue weighted by Crippen LogP contribution is -2.61. The fourth-order valence-corrected chi connectivity index (χ4v) is 2.23. The van der Waals surface area contributed by atoms with E-state index in [1.54, 1.807) is 11.8 Å². The van der Waals surface area contributed by atoms with Crippen LogP contribution in [0, 0.1) is 6.92 Å². The van der Waals surface area contributed by atoms with Gasteiger partial charge in [0.1, 0.15) is 0 Å². The lowest BCUT2D eigenvalue weighted by molar-refractivity contribution is -0.152. The summed E-state index contributed by atoms with van der Waals surface area (Å²) in [6.45, 7) is 4.76. The van der Waals surface area contributed by atoms with Gasteiger partial charge in [0.25, 0.3) is 0 Å². The van der Waals surface area contributed by atoms with E-state index < -0.39 is 5.60 Å². The van der Waals surface area contributed by atoms with Gasteiger partial charge in [-0.2, -0.15) is 0 Å². The molecule has 1 aromatic rings. The molecular weight excluding hydrogens is 214 g/mol. The molecule has 92 valence electrons. The Labute approximate surface area is 102 Å². The molecule has 17 heavy (non-hydrogen) atoms. The number of β-amino-alcohol motifs (C(OH)–C–C–N with tert-alkyl or cyclic N) is 1. The van der Waals surface area contributed by atoms with Gasteiger partial charge in [0.05, 0.1) is 18.7 Å². The van der Waals surface area contributed by atoms with E-state index in [1.165, 1.54) is 11.1 Å². The first kappa shape index (κ1) is 12.1. The van der Waals surface area contributed by atoms with E-state index >= 15 is 0 Å². The Morgan fingerprint density at radius 3 is 2.76 bits per heavy atom. The third-order valence-electron chi connectivity index (χ3n) is 3.13. The summed E-state index contributed by atoms with van der Waals surface area (Å²) in [5.74, 6) is 0.137. The number of benzene rings is 1. The van der Waals surface area contributed by atoms with Gasteiger partial charge in [-0.15, -0.1) is 0 Å². The molecule has 0 unspecified atom stereocenters. The van der Waals surface area contributed by atoms with Crippen molar-refractivity contribution in [1.29, 1.82) is 0 Å². The van der Waals surface area contributed by atoms with Crippen molar-refractivity contribution in [3.8, 4) is 0 Å². The van der Waals surface area contributed by atoms with Crippen LogP contribution in [0.3, 0.4) is 0 Å². The Bertz CT molecular complexity index is 418. The highest BCUT2D eigenvalue weighted by molar-refractivity contribution is 5.77. The molecule has 0 radical (unpaired) electrons. The van der Waals surface area contributed by atoms with Crippen molar-refractivity contribution in [3.63, 3.8) is 0 Å². The number of hydrogen-bond donors (Lipinski definition) is 1. The van der Waals surface area contributed by atoms with E-state index in [0.717, 1.165) is 6.42 Å². The van der Waals surface area contributed by atoms with Gasteiger partial charge < -0.3 is 10.0 Å². The molecule has 0 spiro atoms. The zero-order valence-corrected chi connectivity index (χ0v) is 10.4. The first-order valence-corrected chi connectivity index (χ1v) is 6.02. The quantitative estimate of drug-likeness (QED) is 0.860. The molecule has 3 nitrogen and oxygen atoms in total. The number of amides is 1. The van der Waals surface area contributed by atoms with Crippen LogP contribution in [-0.4, -0.2) is 34.6 Å². The summed E-state index contributed by atoms with van der Waals surface area (Å²) >= 11 is 0. The topological polar surface area (TPSA) is 40.5 Å². The highest BCUT2D eigenvalue weighted by atomic mass is 16.3. The third-order valence-corrected chi connectivity index (χ3v) is 3.13. The van der Waals surface area contributed by atoms with Crippen LogP contribution in [0.25, 0.3) is 0 Å². The van der Waals surface area contributed by atoms with Gasteiger partial charge in [-0.05, 0) is 25.8 Å². The van der Waals surface area contributed by atoms with Crippen LogP contribution < -0.4 is 0 Å². The van der Waals surface area contributed by atoms with E-state index in [1.807, 2.05) is 12.1 Å². The summed E-state index contributed by atoms with van der Waals surface area (Å²) < 4.78 is 0. The van der Waals surface area contributed by atoms with Gasteiger partial charge in [-0.25, -0.2) is 0 Å². The maximum atomic E-state index is 11.8. The number of nitrogens with zero attached hydrogens (tertiary/aromatic N) is 1. The summed E-state index contributed by atoms with van der Waals surface area (Å²) in [6.07, 6.45) is 1.30. The summed E-state index contributed by atoms with van der Waals surface area (Å²) in [7, 11) is 0. The van der Waals surface area contributed by atoms with Crippen LogP contribution >= 0.6 is 0 Å². The van der Waals surface area contributed by atoms with Gasteiger partial charge in [-0.1, -0.05) is 29.8 Å². The van der Waals surface area contributed by atoms with Crippen LogP contribution in [0.15, 0.2) is 24.3 Å². The number of carbonyl (C=O) groups is 1. The second-order valence-electron chi connectivity index (χ2n) is 5.24. The summed E-state index contributed by atoms with van der Waals surface area (Å²) in [5, 5.41) is 9.56. The monoisotopic (exact) mass is 233 g/mol. The Morgan fingerprint density at radius 1 is 1.47 bits per heavy atom. The minimum Gasteiger partial charge on any atom is -0.386 e. The first-order valence-electron chi connectivity index (χ1n) is 6.02. The largest absolute Gasteiger partial charge is 0.386 e. The third kappa shape index (κ3) is 3.07. The lowest BCUT2D eigenvalue weighted by atomic mass is 9.96. The predicted molar refractivity (Wildman–Crippen MR) is 66.7 cm³/mol. The molecule has 1 aliphatic heterocycles. The van der Waals surface area contributed by atoms with E-state index in [9.17, 15) is 9.90 Å². The normalized spacial score (nSPS) is 17.7. The molecule has 1 fully saturated rings. The summed E-state index contributed by atoms with van der Waals surface area (Å²) in [4.78, 5) is 13.5. The minimum absolute atomic E-state index is 0.137. The number of hydrogen-bond acceptors (Lipinski definition) is 2. The maximum absolute atomic E-state index is 11.8. The van der Waals surface area contributed by atoms with E-state index in [-0.39, 0.29) is 5.91 Å². The van der Waals surface area contributed by atoms with Crippen LogP contribution in [-0.2, 0) is 11.2 Å². The molecule has 1 N–H and O–H groups in total. The molecule has 0 bridgehead atoms. The lowest BCUT2D eigenvalue weighted by Gasteiger charge is -2.44. The number of carbonyl (C=O) groups excluding carboxylic acids is 1. The number of likely N-dealkylation sites (tertiary alicyclic amines) is 1. The van der Waals surface area contributed by atoms with Gasteiger partial charge in [0, 0.05) is 6.42 Å². The molecule has 2 rings (SSSR count). The predicted octanol–water partition coefficient (Wildman–Crippen LogP) is 1.52. The molecule has 0 atom stereocenters. The molecule has 0 saturated carbocycles. The SMILES string of the molecule is Cc1cccc(CCC(=O)N2CC(C)(O)C2)c1. The van der Waals surface area contributed by atoms with Crippen molar-refractivity contribution in [2.24, 2.45) is 0 Å². The van der Waals surface area contributed by atoms with Gasteiger partial charge in [0.2, 0.25) is 5.91 Å². The number of aryl methyl sites for hydroxylation is 2. The second-order valence-corrected chi connectivity index (χ2v) is 5.24. The molecule has 1 saturated heterocycles. The average molecular weight is 233 g/mol. The summed E-state index contributed by atoms with van der Waals surface area (Å²) in [5.41, 5.74) is 1.76. The van der Waals surface area contributed by atoms with E-state index in [2.05, 4.69) is 19.1 Å². The highest BCUT2D eigenvalue weighted by Crippen LogP contribution is 2.21. The van der Waals surface area contributed by atoms with Crippen LogP contribution in [0.1, 0.15) is 24.5 Å². The Balaban J connectivity index is 1.81. The molecule has 3 heteroatoms. The molecule has 1 aliphatic rings. The van der Waals surface area contributed by atoms with E-state index in [4.69, 9.17) is 0 Å². The Hall–Kier alpha value is -1.35. The van der Waals surface area contributed by atoms with Crippen molar-refractivity contribution in [1.82, 2.24) is 4.90 Å². The molecule has 1 amide bonds. The van der Waals surface area contributed by atoms with Crippen molar-refractivity contribution >= 4 is 5.91 Å². The van der Waals surface area contributed by atoms with Crippen molar-refractivity contribution in [2.75, 3.05) is 13.1 Å². The van der Waals surface area contributed by atoms with Gasteiger partial charge >= 0.3 is 0 Å². The number of rotatable bonds is 3. The minimum atomic E-state index is -0.668. The van der Waals surface area contributed by atoms with Gasteiger partial charge in [-0.3, -0.25) is 4.79 Å². The van der Waals surface area contributed by atoms with Crippen molar-refractivity contribution in [3.05, 3.63) is 35.4 Å². The summed E-state index contributed by atoms with van der Waals surface area (Å²) in [6, 6.07) is 8.23. The van der Waals surface area contributed by atoms with Crippen molar-refractivity contribution in [2.45, 2.75) is 32.3 Å². The number of aliphatic hydroxyl groups is 1. The average Bonchev–Trinajstić information content (AvgIpc) is 2.22. The standard InChI is InChI=1S/C14H19NO2/c1-11-4-3-5-12(8-11)6-7-13(16)15-9-14(2,17)10-15/h3-5,8,17H,6-7,9-10H2,1-2H3. The van der Waals surface area contributed by atoms with Crippen molar-refractivity contribution < 1.29 is 9.90 Å².